The third-order valence-electron chi connectivity index (χ3n) is 5.94. The highest BCUT2D eigenvalue weighted by atomic mass is 16.1. The molecule has 0 spiro atoms. The number of Topliss-reactive ketones (excluding diaryl/α,β-unsaturated/α-hetero) is 1. The van der Waals surface area contributed by atoms with Crippen LogP contribution in [0, 0.1) is 0 Å². The van der Waals surface area contributed by atoms with E-state index in [0.29, 0.717) is 17.1 Å². The maximum Gasteiger partial charge on any atom is 0.170 e. The van der Waals surface area contributed by atoms with E-state index in [1.54, 1.807) is 30.9 Å². The Kier molecular flexibility index (Phi) is 5.66. The van der Waals surface area contributed by atoms with Gasteiger partial charge in [0.1, 0.15) is 11.6 Å². The second-order valence-corrected chi connectivity index (χ2v) is 8.36. The van der Waals surface area contributed by atoms with Crippen molar-refractivity contribution >= 4 is 28.2 Å². The van der Waals surface area contributed by atoms with Crippen molar-refractivity contribution in [1.82, 2.24) is 24.8 Å². The van der Waals surface area contributed by atoms with Crippen LogP contribution in [0.5, 0.6) is 0 Å². The number of ketones is 1. The van der Waals surface area contributed by atoms with Gasteiger partial charge in [-0.3, -0.25) is 9.78 Å². The maximum atomic E-state index is 13.0. The SMILES string of the molecule is CN1CCN(c2cc(C(=O)Cc3ncc4ccc(-c5cncc(N)c5)cc4n3)ccn2)CC1. The zero-order valence-electron chi connectivity index (χ0n) is 18.5. The topological polar surface area (TPSA) is 101 Å². The van der Waals surface area contributed by atoms with Crippen molar-refractivity contribution in [2.75, 3.05) is 43.9 Å². The number of piperazine rings is 1. The summed E-state index contributed by atoms with van der Waals surface area (Å²) in [5, 5.41) is 0.910. The summed E-state index contributed by atoms with van der Waals surface area (Å²) in [6, 6.07) is 11.4. The number of anilines is 2. The molecule has 8 nitrogen and oxygen atoms in total. The minimum Gasteiger partial charge on any atom is -0.397 e. The molecule has 1 fully saturated rings. The Morgan fingerprint density at radius 3 is 2.64 bits per heavy atom. The van der Waals surface area contributed by atoms with E-state index in [9.17, 15) is 4.79 Å². The molecule has 1 aromatic carbocycles. The molecule has 4 aromatic rings. The van der Waals surface area contributed by atoms with Crippen molar-refractivity contribution in [3.8, 4) is 11.1 Å². The van der Waals surface area contributed by atoms with Gasteiger partial charge in [-0.1, -0.05) is 12.1 Å². The fraction of sp³-hybridized carbons (Fsp3) is 0.240. The van der Waals surface area contributed by atoms with Gasteiger partial charge in [0, 0.05) is 67.5 Å². The lowest BCUT2D eigenvalue weighted by atomic mass is 10.1. The summed E-state index contributed by atoms with van der Waals surface area (Å²) in [6.45, 7) is 3.77. The molecule has 0 radical (unpaired) electrons. The fourth-order valence-corrected chi connectivity index (χ4v) is 3.99. The molecule has 33 heavy (non-hydrogen) atoms. The summed E-state index contributed by atoms with van der Waals surface area (Å²) in [5.41, 5.74) is 9.76. The van der Waals surface area contributed by atoms with Crippen LogP contribution in [0.3, 0.4) is 0 Å². The Bertz CT molecular complexity index is 1320. The molecule has 0 aliphatic carbocycles. The van der Waals surface area contributed by atoms with Gasteiger partial charge in [-0.2, -0.15) is 0 Å². The molecular formula is C25H25N7O. The van der Waals surface area contributed by atoms with E-state index in [1.165, 1.54) is 0 Å². The van der Waals surface area contributed by atoms with E-state index in [2.05, 4.69) is 36.8 Å². The second kappa shape index (κ2) is 8.91. The molecule has 2 N–H and O–H groups in total. The van der Waals surface area contributed by atoms with Crippen LogP contribution < -0.4 is 10.6 Å². The molecule has 0 saturated carbocycles. The first-order chi connectivity index (χ1) is 16.0. The molecule has 8 heteroatoms. The van der Waals surface area contributed by atoms with Gasteiger partial charge in [-0.05, 0) is 36.9 Å². The van der Waals surface area contributed by atoms with E-state index < -0.39 is 0 Å². The van der Waals surface area contributed by atoms with Gasteiger partial charge in [0.2, 0.25) is 0 Å². The largest absolute Gasteiger partial charge is 0.397 e. The zero-order valence-corrected chi connectivity index (χ0v) is 18.5. The normalized spacial score (nSPS) is 14.5. The van der Waals surface area contributed by atoms with Crippen molar-refractivity contribution in [2.45, 2.75) is 6.42 Å². The molecule has 0 atom stereocenters. The van der Waals surface area contributed by atoms with Crippen molar-refractivity contribution < 1.29 is 4.79 Å². The van der Waals surface area contributed by atoms with E-state index in [4.69, 9.17) is 5.73 Å². The van der Waals surface area contributed by atoms with Crippen molar-refractivity contribution in [3.05, 3.63) is 72.6 Å². The Morgan fingerprint density at radius 2 is 1.82 bits per heavy atom. The van der Waals surface area contributed by atoms with Crippen LogP contribution in [-0.4, -0.2) is 63.8 Å². The molecular weight excluding hydrogens is 414 g/mol. The molecule has 3 aromatic heterocycles. The van der Waals surface area contributed by atoms with Crippen LogP contribution in [0.4, 0.5) is 11.5 Å². The quantitative estimate of drug-likeness (QED) is 0.474. The minimum atomic E-state index is -0.0247. The summed E-state index contributed by atoms with van der Waals surface area (Å²) in [7, 11) is 2.11. The Balaban J connectivity index is 1.36. The predicted molar refractivity (Wildman–Crippen MR) is 129 cm³/mol. The number of nitrogens with two attached hydrogens (primary N) is 1. The van der Waals surface area contributed by atoms with Crippen molar-refractivity contribution in [1.29, 1.82) is 0 Å². The predicted octanol–water partition coefficient (Wildman–Crippen LogP) is 2.85. The minimum absolute atomic E-state index is 0.0247. The van der Waals surface area contributed by atoms with E-state index >= 15 is 0 Å². The van der Waals surface area contributed by atoms with Crippen LogP contribution >= 0.6 is 0 Å². The van der Waals surface area contributed by atoms with Crippen LogP contribution in [0.15, 0.2) is 61.2 Å². The molecule has 1 aliphatic heterocycles. The smallest absolute Gasteiger partial charge is 0.170 e. The third kappa shape index (κ3) is 4.65. The molecule has 1 aliphatic rings. The second-order valence-electron chi connectivity index (χ2n) is 8.36. The van der Waals surface area contributed by atoms with Gasteiger partial charge in [0.15, 0.2) is 5.78 Å². The number of carbonyl (C=O) groups excluding carboxylic acids is 1. The lowest BCUT2D eigenvalue weighted by molar-refractivity contribution is 0.0991. The number of likely N-dealkylation sites (N-methyl/N-ethyl adjacent to an activating group) is 1. The van der Waals surface area contributed by atoms with Gasteiger partial charge in [0.05, 0.1) is 17.6 Å². The fourth-order valence-electron chi connectivity index (χ4n) is 3.99. The number of nitrogen functional groups attached to an aromatic ring is 1. The molecule has 166 valence electrons. The number of carbonyl (C=O) groups is 1. The monoisotopic (exact) mass is 439 g/mol. The van der Waals surface area contributed by atoms with Crippen LogP contribution in [0.2, 0.25) is 0 Å². The molecule has 1 saturated heterocycles. The number of hydrogen-bond donors (Lipinski definition) is 1. The standard InChI is InChI=1S/C25H25N7O/c1-31-6-8-32(9-7-31)25-12-18(4-5-28-25)23(33)13-24-29-15-19-3-2-17(11-22(19)30-24)20-10-21(26)16-27-14-20/h2-5,10-12,14-16H,6-9,13,26H2,1H3. The van der Waals surface area contributed by atoms with Crippen LogP contribution in [0.1, 0.15) is 16.2 Å². The lowest BCUT2D eigenvalue weighted by Gasteiger charge is -2.33. The lowest BCUT2D eigenvalue weighted by Crippen LogP contribution is -2.44. The van der Waals surface area contributed by atoms with Crippen molar-refractivity contribution in [2.24, 2.45) is 0 Å². The average Bonchev–Trinajstić information content (AvgIpc) is 2.84. The number of benzene rings is 1. The maximum absolute atomic E-state index is 13.0. The highest BCUT2D eigenvalue weighted by molar-refractivity contribution is 5.98. The van der Waals surface area contributed by atoms with Gasteiger partial charge in [0.25, 0.3) is 0 Å². The highest BCUT2D eigenvalue weighted by Crippen LogP contribution is 2.24. The summed E-state index contributed by atoms with van der Waals surface area (Å²) in [4.78, 5) is 35.2. The van der Waals surface area contributed by atoms with Crippen LogP contribution in [0.25, 0.3) is 22.0 Å². The summed E-state index contributed by atoms with van der Waals surface area (Å²) < 4.78 is 0. The first kappa shape index (κ1) is 21.0. The van der Waals surface area contributed by atoms with Gasteiger partial charge in [-0.25, -0.2) is 15.0 Å². The van der Waals surface area contributed by atoms with E-state index in [0.717, 1.165) is 54.0 Å². The molecule has 4 heterocycles. The van der Waals surface area contributed by atoms with Gasteiger partial charge >= 0.3 is 0 Å². The zero-order chi connectivity index (χ0) is 22.8. The Labute approximate surface area is 192 Å². The number of hydrogen-bond acceptors (Lipinski definition) is 8. The summed E-state index contributed by atoms with van der Waals surface area (Å²) >= 11 is 0. The molecule has 0 bridgehead atoms. The highest BCUT2D eigenvalue weighted by Gasteiger charge is 2.17. The molecule has 0 amide bonds. The van der Waals surface area contributed by atoms with Gasteiger partial charge < -0.3 is 15.5 Å². The number of pyridine rings is 2. The summed E-state index contributed by atoms with van der Waals surface area (Å²) in [6.07, 6.45) is 6.98. The Hall–Kier alpha value is -3.91. The first-order valence-corrected chi connectivity index (χ1v) is 10.9. The number of aromatic nitrogens is 4. The average molecular weight is 440 g/mol. The molecule has 5 rings (SSSR count). The third-order valence-corrected chi connectivity index (χ3v) is 5.94. The van der Waals surface area contributed by atoms with Crippen molar-refractivity contribution in [3.63, 3.8) is 0 Å². The van der Waals surface area contributed by atoms with E-state index in [-0.39, 0.29) is 12.2 Å². The number of rotatable bonds is 5. The number of fused-ring (bicyclic) bond motifs is 1. The first-order valence-electron chi connectivity index (χ1n) is 10.9. The van der Waals surface area contributed by atoms with E-state index in [1.807, 2.05) is 30.3 Å². The van der Waals surface area contributed by atoms with Gasteiger partial charge in [-0.15, -0.1) is 0 Å². The molecule has 0 unspecified atom stereocenters. The number of nitrogens with zero attached hydrogens (tertiary/aromatic N) is 6. The summed E-state index contributed by atoms with van der Waals surface area (Å²) in [5.74, 6) is 1.31. The Morgan fingerprint density at radius 1 is 0.970 bits per heavy atom. The van der Waals surface area contributed by atoms with Crippen LogP contribution in [-0.2, 0) is 6.42 Å².